The predicted octanol–water partition coefficient (Wildman–Crippen LogP) is 1.17. The van der Waals surface area contributed by atoms with Crippen molar-refractivity contribution in [2.24, 2.45) is 5.92 Å². The van der Waals surface area contributed by atoms with Crippen LogP contribution in [0, 0.1) is 5.92 Å². The molecule has 0 radical (unpaired) electrons. The molecule has 1 fully saturated rings. The molecule has 0 saturated heterocycles. The zero-order chi connectivity index (χ0) is 12.6. The average Bonchev–Trinajstić information content (AvgIpc) is 2.65. The Morgan fingerprint density at radius 2 is 2.12 bits per heavy atom. The van der Waals surface area contributed by atoms with Crippen molar-refractivity contribution in [2.75, 3.05) is 0 Å². The first-order valence-corrected chi connectivity index (χ1v) is 6.13. The van der Waals surface area contributed by atoms with Crippen LogP contribution in [-0.2, 0) is 6.42 Å². The van der Waals surface area contributed by atoms with E-state index in [-0.39, 0.29) is 11.9 Å². The maximum Gasteiger partial charge on any atom is 0.331 e. The standard InChI is InChI=1S/C12H18N2O3/c1-3-8-10(15)13-12(17)14(11(8)16)9-6-4-5-7(9)2/h7,9,16H,3-6H2,1-2H3,(H,13,15,17). The number of rotatable bonds is 2. The van der Waals surface area contributed by atoms with E-state index in [1.54, 1.807) is 6.92 Å². The predicted molar refractivity (Wildman–Crippen MR) is 64.4 cm³/mol. The van der Waals surface area contributed by atoms with Gasteiger partial charge in [0.25, 0.3) is 5.56 Å². The number of hydrogen-bond acceptors (Lipinski definition) is 3. The van der Waals surface area contributed by atoms with Gasteiger partial charge in [0.1, 0.15) is 0 Å². The van der Waals surface area contributed by atoms with E-state index in [9.17, 15) is 14.7 Å². The summed E-state index contributed by atoms with van der Waals surface area (Å²) in [5, 5.41) is 10.1. The Morgan fingerprint density at radius 3 is 2.65 bits per heavy atom. The smallest absolute Gasteiger partial charge is 0.331 e. The van der Waals surface area contributed by atoms with E-state index in [2.05, 4.69) is 11.9 Å². The van der Waals surface area contributed by atoms with Crippen molar-refractivity contribution in [1.29, 1.82) is 0 Å². The van der Waals surface area contributed by atoms with Crippen LogP contribution in [-0.4, -0.2) is 14.7 Å². The molecule has 5 nitrogen and oxygen atoms in total. The summed E-state index contributed by atoms with van der Waals surface area (Å²) in [4.78, 5) is 25.6. The third-order valence-electron chi connectivity index (χ3n) is 3.71. The molecule has 0 amide bonds. The maximum absolute atomic E-state index is 11.8. The minimum Gasteiger partial charge on any atom is -0.494 e. The van der Waals surface area contributed by atoms with Crippen molar-refractivity contribution >= 4 is 0 Å². The fourth-order valence-electron chi connectivity index (χ4n) is 2.71. The molecule has 1 aromatic heterocycles. The molecule has 2 atom stereocenters. The fourth-order valence-corrected chi connectivity index (χ4v) is 2.71. The van der Waals surface area contributed by atoms with E-state index in [1.807, 2.05) is 0 Å². The highest BCUT2D eigenvalue weighted by Crippen LogP contribution is 2.36. The Hall–Kier alpha value is -1.52. The zero-order valence-electron chi connectivity index (χ0n) is 10.2. The summed E-state index contributed by atoms with van der Waals surface area (Å²) in [6, 6.07) is 0.00431. The summed E-state index contributed by atoms with van der Waals surface area (Å²) < 4.78 is 1.36. The number of H-pyrrole nitrogens is 1. The normalized spacial score (nSPS) is 24.1. The summed E-state index contributed by atoms with van der Waals surface area (Å²) >= 11 is 0. The molecule has 0 aromatic carbocycles. The number of aromatic nitrogens is 2. The Kier molecular flexibility index (Phi) is 3.09. The SMILES string of the molecule is CCc1c(O)n(C2CCCC2C)c(=O)[nH]c1=O. The molecular weight excluding hydrogens is 220 g/mol. The van der Waals surface area contributed by atoms with Crippen molar-refractivity contribution in [3.8, 4) is 5.88 Å². The number of nitrogens with one attached hydrogen (secondary N) is 1. The molecule has 17 heavy (non-hydrogen) atoms. The highest BCUT2D eigenvalue weighted by atomic mass is 16.3. The molecule has 1 heterocycles. The largest absolute Gasteiger partial charge is 0.494 e. The van der Waals surface area contributed by atoms with Gasteiger partial charge in [-0.25, -0.2) is 4.79 Å². The fraction of sp³-hybridized carbons (Fsp3) is 0.667. The minimum absolute atomic E-state index is 0.00431. The molecule has 0 spiro atoms. The second-order valence-electron chi connectivity index (χ2n) is 4.76. The lowest BCUT2D eigenvalue weighted by molar-refractivity contribution is 0.320. The van der Waals surface area contributed by atoms with E-state index in [0.29, 0.717) is 17.9 Å². The van der Waals surface area contributed by atoms with E-state index in [0.717, 1.165) is 19.3 Å². The zero-order valence-corrected chi connectivity index (χ0v) is 10.2. The van der Waals surface area contributed by atoms with Gasteiger partial charge < -0.3 is 5.11 Å². The summed E-state index contributed by atoms with van der Waals surface area (Å²) in [6.07, 6.45) is 3.40. The van der Waals surface area contributed by atoms with Gasteiger partial charge in [-0.05, 0) is 25.2 Å². The first-order valence-electron chi connectivity index (χ1n) is 6.13. The molecule has 1 aliphatic rings. The van der Waals surface area contributed by atoms with Gasteiger partial charge in [-0.15, -0.1) is 0 Å². The Balaban J connectivity index is 2.61. The molecule has 2 N–H and O–H groups in total. The van der Waals surface area contributed by atoms with Crippen LogP contribution in [0.15, 0.2) is 9.59 Å². The Bertz CT molecular complexity index is 530. The second-order valence-corrected chi connectivity index (χ2v) is 4.76. The summed E-state index contributed by atoms with van der Waals surface area (Å²) in [7, 11) is 0. The summed E-state index contributed by atoms with van der Waals surface area (Å²) in [5.41, 5.74) is -0.677. The number of hydrogen-bond donors (Lipinski definition) is 2. The highest BCUT2D eigenvalue weighted by Gasteiger charge is 2.28. The monoisotopic (exact) mass is 238 g/mol. The lowest BCUT2D eigenvalue weighted by Crippen LogP contribution is -2.35. The number of aromatic amines is 1. The topological polar surface area (TPSA) is 75.1 Å². The molecule has 94 valence electrons. The molecule has 5 heteroatoms. The van der Waals surface area contributed by atoms with E-state index < -0.39 is 11.2 Å². The molecule has 0 bridgehead atoms. The van der Waals surface area contributed by atoms with Crippen LogP contribution in [0.3, 0.4) is 0 Å². The van der Waals surface area contributed by atoms with Crippen LogP contribution < -0.4 is 11.2 Å². The van der Waals surface area contributed by atoms with E-state index in [4.69, 9.17) is 0 Å². The van der Waals surface area contributed by atoms with Gasteiger partial charge in [0, 0.05) is 6.04 Å². The van der Waals surface area contributed by atoms with Gasteiger partial charge in [0.2, 0.25) is 5.88 Å². The van der Waals surface area contributed by atoms with Gasteiger partial charge in [-0.1, -0.05) is 20.3 Å². The van der Waals surface area contributed by atoms with Crippen LogP contribution in [0.5, 0.6) is 5.88 Å². The highest BCUT2D eigenvalue weighted by molar-refractivity contribution is 5.23. The third kappa shape index (κ3) is 1.90. The molecule has 0 aliphatic heterocycles. The van der Waals surface area contributed by atoms with Gasteiger partial charge in [0.15, 0.2) is 0 Å². The third-order valence-corrected chi connectivity index (χ3v) is 3.71. The molecule has 1 saturated carbocycles. The molecule has 1 aromatic rings. The van der Waals surface area contributed by atoms with Gasteiger partial charge in [-0.3, -0.25) is 14.3 Å². The summed E-state index contributed by atoms with van der Waals surface area (Å²) in [6.45, 7) is 3.86. The van der Waals surface area contributed by atoms with Crippen LogP contribution >= 0.6 is 0 Å². The first kappa shape index (κ1) is 12.0. The first-order chi connectivity index (χ1) is 8.06. The molecule has 2 rings (SSSR count). The Labute approximate surface area is 99.1 Å². The molecule has 2 unspecified atom stereocenters. The van der Waals surface area contributed by atoms with Gasteiger partial charge in [0.05, 0.1) is 5.56 Å². The maximum atomic E-state index is 11.8. The lowest BCUT2D eigenvalue weighted by Gasteiger charge is -2.20. The van der Waals surface area contributed by atoms with Crippen molar-refractivity contribution in [3.05, 3.63) is 26.4 Å². The van der Waals surface area contributed by atoms with Crippen LogP contribution in [0.2, 0.25) is 0 Å². The van der Waals surface area contributed by atoms with Gasteiger partial charge >= 0.3 is 5.69 Å². The van der Waals surface area contributed by atoms with Gasteiger partial charge in [-0.2, -0.15) is 0 Å². The molecule has 1 aliphatic carbocycles. The molecular formula is C12H18N2O3. The second kappa shape index (κ2) is 4.39. The average molecular weight is 238 g/mol. The van der Waals surface area contributed by atoms with Crippen molar-refractivity contribution in [3.63, 3.8) is 0 Å². The lowest BCUT2D eigenvalue weighted by atomic mass is 10.1. The van der Waals surface area contributed by atoms with Crippen LogP contribution in [0.1, 0.15) is 44.7 Å². The van der Waals surface area contributed by atoms with Crippen LogP contribution in [0.4, 0.5) is 0 Å². The minimum atomic E-state index is -0.497. The van der Waals surface area contributed by atoms with E-state index >= 15 is 0 Å². The Morgan fingerprint density at radius 1 is 1.41 bits per heavy atom. The number of aromatic hydroxyl groups is 1. The van der Waals surface area contributed by atoms with E-state index in [1.165, 1.54) is 4.57 Å². The van der Waals surface area contributed by atoms with Crippen molar-refractivity contribution in [1.82, 2.24) is 9.55 Å². The van der Waals surface area contributed by atoms with Crippen molar-refractivity contribution in [2.45, 2.75) is 45.6 Å². The number of nitrogens with zero attached hydrogens (tertiary/aromatic N) is 1. The van der Waals surface area contributed by atoms with Crippen molar-refractivity contribution < 1.29 is 5.11 Å². The quantitative estimate of drug-likeness (QED) is 0.812. The summed E-state index contributed by atoms with van der Waals surface area (Å²) in [5.74, 6) is 0.203. The van der Waals surface area contributed by atoms with Crippen LogP contribution in [0.25, 0.3) is 0 Å².